The molecule has 2 atom stereocenters. The van der Waals surface area contributed by atoms with Crippen molar-refractivity contribution < 1.29 is 22.7 Å². The van der Waals surface area contributed by atoms with E-state index in [0.717, 1.165) is 16.1 Å². The molecule has 2 rings (SSSR count). The zero-order chi connectivity index (χ0) is 27.2. The Bertz CT molecular complexity index is 1210. The number of carbonyl (C=O) groups is 2. The van der Waals surface area contributed by atoms with Gasteiger partial charge in [0.25, 0.3) is 0 Å². The topological polar surface area (TPSA) is 96.0 Å². The Hall–Kier alpha value is -2.49. The summed E-state index contributed by atoms with van der Waals surface area (Å²) >= 11 is 12.4. The molecule has 0 aliphatic rings. The Morgan fingerprint density at radius 1 is 1.11 bits per heavy atom. The summed E-state index contributed by atoms with van der Waals surface area (Å²) in [6, 6.07) is 8.90. The average molecular weight is 559 g/mol. The fraction of sp³-hybridized carbons (Fsp3) is 0.440. The fourth-order valence-corrected chi connectivity index (χ4v) is 4.78. The normalized spacial score (nSPS) is 13.0. The van der Waals surface area contributed by atoms with Gasteiger partial charge >= 0.3 is 0 Å². The molecule has 8 nitrogen and oxygen atoms in total. The van der Waals surface area contributed by atoms with Crippen molar-refractivity contribution in [2.75, 3.05) is 24.2 Å². The summed E-state index contributed by atoms with van der Waals surface area (Å²) in [5.41, 5.74) is 1.59. The minimum Gasteiger partial charge on any atom is -0.495 e. The molecule has 1 N–H and O–H groups in total. The van der Waals surface area contributed by atoms with Crippen LogP contribution in [-0.2, 0) is 26.2 Å². The molecule has 2 amide bonds. The number of aryl methyl sites for hydroxylation is 1. The molecule has 198 valence electrons. The molecule has 0 spiro atoms. The predicted octanol–water partition coefficient (Wildman–Crippen LogP) is 4.41. The Morgan fingerprint density at radius 3 is 2.33 bits per heavy atom. The van der Waals surface area contributed by atoms with E-state index < -0.39 is 28.5 Å². The van der Waals surface area contributed by atoms with E-state index in [4.69, 9.17) is 27.9 Å². The van der Waals surface area contributed by atoms with E-state index >= 15 is 0 Å². The lowest BCUT2D eigenvalue weighted by Gasteiger charge is -2.32. The molecule has 0 saturated carbocycles. The quantitative estimate of drug-likeness (QED) is 0.441. The maximum Gasteiger partial charge on any atom is 0.244 e. The van der Waals surface area contributed by atoms with Crippen molar-refractivity contribution >= 4 is 50.7 Å². The first-order chi connectivity index (χ1) is 16.8. The molecule has 0 aliphatic carbocycles. The summed E-state index contributed by atoms with van der Waals surface area (Å²) < 4.78 is 31.9. The van der Waals surface area contributed by atoms with Crippen LogP contribution in [-0.4, -0.2) is 57.1 Å². The standard InChI is InChI=1S/C25H33Cl2N3O5S/c1-7-17(3)28-25(32)18(4)29(14-19-9-10-20(26)13-21(19)27)24(31)15-30(36(6,33)34)22-12-16(2)8-11-23(22)35-5/h8-13,17-18H,7,14-15H2,1-6H3,(H,28,32). The summed E-state index contributed by atoms with van der Waals surface area (Å²) in [6.45, 7) is 6.64. The van der Waals surface area contributed by atoms with Crippen molar-refractivity contribution in [1.82, 2.24) is 10.2 Å². The maximum absolute atomic E-state index is 13.7. The van der Waals surface area contributed by atoms with Crippen LogP contribution >= 0.6 is 23.2 Å². The van der Waals surface area contributed by atoms with E-state index in [0.29, 0.717) is 27.8 Å². The number of ether oxygens (including phenoxy) is 1. The zero-order valence-corrected chi connectivity index (χ0v) is 23.7. The summed E-state index contributed by atoms with van der Waals surface area (Å²) in [7, 11) is -2.47. The molecule has 0 bridgehead atoms. The number of rotatable bonds is 11. The lowest BCUT2D eigenvalue weighted by molar-refractivity contribution is -0.139. The van der Waals surface area contributed by atoms with Crippen molar-refractivity contribution in [1.29, 1.82) is 0 Å². The van der Waals surface area contributed by atoms with Crippen LogP contribution in [0.15, 0.2) is 36.4 Å². The van der Waals surface area contributed by atoms with Crippen molar-refractivity contribution in [3.8, 4) is 5.75 Å². The zero-order valence-electron chi connectivity index (χ0n) is 21.3. The number of carbonyl (C=O) groups excluding carboxylic acids is 2. The van der Waals surface area contributed by atoms with Gasteiger partial charge in [0.2, 0.25) is 21.8 Å². The predicted molar refractivity (Wildman–Crippen MR) is 144 cm³/mol. The van der Waals surface area contributed by atoms with Gasteiger partial charge in [0.1, 0.15) is 18.3 Å². The molecule has 2 unspecified atom stereocenters. The third-order valence-corrected chi connectivity index (χ3v) is 7.52. The second kappa shape index (κ2) is 12.7. The van der Waals surface area contributed by atoms with Gasteiger partial charge in [-0.2, -0.15) is 0 Å². The van der Waals surface area contributed by atoms with Crippen molar-refractivity contribution in [2.45, 2.75) is 52.7 Å². The van der Waals surface area contributed by atoms with Gasteiger partial charge in [0.05, 0.1) is 19.1 Å². The Kier molecular flexibility index (Phi) is 10.5. The number of amides is 2. The van der Waals surface area contributed by atoms with Gasteiger partial charge in [-0.3, -0.25) is 13.9 Å². The molecule has 0 heterocycles. The number of hydrogen-bond donors (Lipinski definition) is 1. The number of benzene rings is 2. The van der Waals surface area contributed by atoms with Gasteiger partial charge in [-0.1, -0.05) is 42.3 Å². The molecule has 0 fully saturated rings. The average Bonchev–Trinajstić information content (AvgIpc) is 2.80. The van der Waals surface area contributed by atoms with E-state index in [1.807, 2.05) is 13.8 Å². The van der Waals surface area contributed by atoms with Crippen LogP contribution in [0.2, 0.25) is 10.0 Å². The fourth-order valence-electron chi connectivity index (χ4n) is 3.47. The number of sulfonamides is 1. The van der Waals surface area contributed by atoms with Gasteiger partial charge in [-0.25, -0.2) is 8.42 Å². The third kappa shape index (κ3) is 7.75. The number of nitrogens with one attached hydrogen (secondary N) is 1. The molecule has 0 saturated heterocycles. The van der Waals surface area contributed by atoms with Crippen molar-refractivity contribution in [3.63, 3.8) is 0 Å². The molecule has 11 heteroatoms. The second-order valence-electron chi connectivity index (χ2n) is 8.70. The monoisotopic (exact) mass is 557 g/mol. The van der Waals surface area contributed by atoms with Crippen LogP contribution < -0.4 is 14.4 Å². The molecule has 36 heavy (non-hydrogen) atoms. The largest absolute Gasteiger partial charge is 0.495 e. The first kappa shape index (κ1) is 29.7. The number of nitrogens with zero attached hydrogens (tertiary/aromatic N) is 2. The molecular weight excluding hydrogens is 525 g/mol. The number of methoxy groups -OCH3 is 1. The van der Waals surface area contributed by atoms with Gasteiger partial charge in [0, 0.05) is 22.6 Å². The van der Waals surface area contributed by atoms with E-state index in [2.05, 4.69) is 5.32 Å². The highest BCUT2D eigenvalue weighted by Gasteiger charge is 2.31. The van der Waals surface area contributed by atoms with Gasteiger partial charge < -0.3 is 15.0 Å². The first-order valence-corrected chi connectivity index (χ1v) is 14.0. The van der Waals surface area contributed by atoms with E-state index in [9.17, 15) is 18.0 Å². The summed E-state index contributed by atoms with van der Waals surface area (Å²) in [5.74, 6) is -0.641. The second-order valence-corrected chi connectivity index (χ2v) is 11.4. The number of halogens is 2. The lowest BCUT2D eigenvalue weighted by Crippen LogP contribution is -2.52. The number of hydrogen-bond acceptors (Lipinski definition) is 5. The molecule has 0 radical (unpaired) electrons. The van der Waals surface area contributed by atoms with Crippen LogP contribution in [0.3, 0.4) is 0 Å². The Labute approximate surface area is 223 Å². The van der Waals surface area contributed by atoms with E-state index in [-0.39, 0.29) is 24.2 Å². The maximum atomic E-state index is 13.7. The SMILES string of the molecule is CCC(C)NC(=O)C(C)N(Cc1ccc(Cl)cc1Cl)C(=O)CN(c1cc(C)ccc1OC)S(C)(=O)=O. The highest BCUT2D eigenvalue weighted by Crippen LogP contribution is 2.31. The Morgan fingerprint density at radius 2 is 1.78 bits per heavy atom. The van der Waals surface area contributed by atoms with E-state index in [1.165, 1.54) is 12.0 Å². The minimum atomic E-state index is -3.89. The van der Waals surface area contributed by atoms with E-state index in [1.54, 1.807) is 50.2 Å². The van der Waals surface area contributed by atoms with Crippen LogP contribution in [0, 0.1) is 6.92 Å². The summed E-state index contributed by atoms with van der Waals surface area (Å²) in [4.78, 5) is 28.0. The summed E-state index contributed by atoms with van der Waals surface area (Å²) in [6.07, 6.45) is 1.73. The molecule has 2 aromatic carbocycles. The highest BCUT2D eigenvalue weighted by atomic mass is 35.5. The van der Waals surface area contributed by atoms with Crippen LogP contribution in [0.4, 0.5) is 5.69 Å². The van der Waals surface area contributed by atoms with Crippen LogP contribution in [0.25, 0.3) is 0 Å². The smallest absolute Gasteiger partial charge is 0.244 e. The number of anilines is 1. The lowest BCUT2D eigenvalue weighted by atomic mass is 10.1. The van der Waals surface area contributed by atoms with Crippen LogP contribution in [0.1, 0.15) is 38.3 Å². The molecule has 0 aliphatic heterocycles. The molecular formula is C25H33Cl2N3O5S. The van der Waals surface area contributed by atoms with Gasteiger partial charge in [-0.05, 0) is 62.6 Å². The van der Waals surface area contributed by atoms with Crippen molar-refractivity contribution in [2.24, 2.45) is 0 Å². The highest BCUT2D eigenvalue weighted by molar-refractivity contribution is 7.92. The minimum absolute atomic E-state index is 0.0213. The molecule has 2 aromatic rings. The van der Waals surface area contributed by atoms with Crippen LogP contribution in [0.5, 0.6) is 5.75 Å². The van der Waals surface area contributed by atoms with Gasteiger partial charge in [-0.15, -0.1) is 0 Å². The Balaban J connectivity index is 2.49. The summed E-state index contributed by atoms with van der Waals surface area (Å²) in [5, 5.41) is 3.63. The molecule has 0 aromatic heterocycles. The first-order valence-electron chi connectivity index (χ1n) is 11.4. The van der Waals surface area contributed by atoms with Gasteiger partial charge in [0.15, 0.2) is 0 Å². The third-order valence-electron chi connectivity index (χ3n) is 5.81. The van der Waals surface area contributed by atoms with Crippen molar-refractivity contribution in [3.05, 3.63) is 57.6 Å².